The highest BCUT2D eigenvalue weighted by molar-refractivity contribution is 7.80. The first kappa shape index (κ1) is 20.9. The van der Waals surface area contributed by atoms with Crippen LogP contribution in [0.1, 0.15) is 55.5 Å². The number of hydrogen-bond acceptors (Lipinski definition) is 3. The molecule has 1 heterocycles. The van der Waals surface area contributed by atoms with Crippen LogP contribution in [0.3, 0.4) is 0 Å². The van der Waals surface area contributed by atoms with E-state index < -0.39 is 0 Å². The molecule has 0 unspecified atom stereocenters. The third-order valence-corrected chi connectivity index (χ3v) is 4.53. The lowest BCUT2D eigenvalue weighted by Crippen LogP contribution is -2.47. The highest BCUT2D eigenvalue weighted by Gasteiger charge is 2.09. The summed E-state index contributed by atoms with van der Waals surface area (Å²) in [7, 11) is 0. The molecule has 1 atom stereocenters. The monoisotopic (exact) mass is 387 g/mol. The third kappa shape index (κ3) is 7.78. The fraction of sp³-hybridized carbons (Fsp3) is 0.450. The normalized spacial score (nSPS) is 11.6. The maximum atomic E-state index is 12.2. The molecule has 2 rings (SSSR count). The van der Waals surface area contributed by atoms with E-state index >= 15 is 0 Å². The van der Waals surface area contributed by atoms with Crippen LogP contribution in [0.5, 0.6) is 0 Å². The number of amides is 1. The van der Waals surface area contributed by atoms with Gasteiger partial charge in [-0.1, -0.05) is 63.4 Å². The van der Waals surface area contributed by atoms with Crippen molar-refractivity contribution in [1.29, 1.82) is 0 Å². The van der Waals surface area contributed by atoms with Gasteiger partial charge in [-0.3, -0.25) is 20.3 Å². The van der Waals surface area contributed by atoms with Crippen molar-refractivity contribution in [2.45, 2.75) is 46.1 Å². The van der Waals surface area contributed by atoms with Crippen molar-refractivity contribution < 1.29 is 4.79 Å². The summed E-state index contributed by atoms with van der Waals surface area (Å²) in [5, 5.41) is 7.79. The van der Waals surface area contributed by atoms with E-state index in [4.69, 9.17) is 12.2 Å². The minimum absolute atomic E-state index is 0.269. The number of carbonyl (C=O) groups excluding carboxylic acids is 1. The van der Waals surface area contributed by atoms with E-state index in [-0.39, 0.29) is 5.91 Å². The molecule has 0 radical (unpaired) electrons. The Kier molecular flexibility index (Phi) is 8.77. The predicted octanol–water partition coefficient (Wildman–Crippen LogP) is 3.26. The van der Waals surface area contributed by atoms with E-state index in [1.807, 2.05) is 30.3 Å². The molecule has 0 spiro atoms. The third-order valence-electron chi connectivity index (χ3n) is 4.28. The first-order valence-corrected chi connectivity index (χ1v) is 9.90. The molecule has 2 aromatic rings. The van der Waals surface area contributed by atoms with Gasteiger partial charge in [0.15, 0.2) is 5.11 Å². The molecular weight excluding hydrogens is 358 g/mol. The van der Waals surface area contributed by atoms with Crippen molar-refractivity contribution >= 4 is 23.2 Å². The van der Waals surface area contributed by atoms with Gasteiger partial charge in [0.25, 0.3) is 5.91 Å². The summed E-state index contributed by atoms with van der Waals surface area (Å²) in [6.45, 7) is 5.82. The molecule has 0 aliphatic heterocycles. The van der Waals surface area contributed by atoms with Gasteiger partial charge in [-0.15, -0.1) is 0 Å². The van der Waals surface area contributed by atoms with E-state index in [2.05, 4.69) is 35.1 Å². The van der Waals surface area contributed by atoms with Crippen LogP contribution in [0.4, 0.5) is 0 Å². The van der Waals surface area contributed by atoms with Crippen LogP contribution in [0, 0.1) is 5.92 Å². The van der Waals surface area contributed by atoms with Crippen molar-refractivity contribution in [3.8, 4) is 0 Å². The Labute approximate surface area is 166 Å². The Morgan fingerprint density at radius 2 is 2.00 bits per heavy atom. The highest BCUT2D eigenvalue weighted by atomic mass is 32.1. The van der Waals surface area contributed by atoms with Crippen molar-refractivity contribution in [2.75, 3.05) is 6.54 Å². The van der Waals surface area contributed by atoms with Gasteiger partial charge in [0.2, 0.25) is 0 Å². The molecule has 0 bridgehead atoms. The standard InChI is InChI=1S/C20H29N5OS/c1-3-4-6-9-16(2)12-21-20(27)24-23-19(26)18-13-22-25(15-18)14-17-10-7-5-8-11-17/h5,7-8,10-11,13,15-16H,3-4,6,9,12,14H2,1-2H3,(H,23,26)(H2,21,24,27)/t16-/m0/s1. The van der Waals surface area contributed by atoms with Crippen LogP contribution in [0.2, 0.25) is 0 Å². The number of carbonyl (C=O) groups is 1. The highest BCUT2D eigenvalue weighted by Crippen LogP contribution is 2.08. The second kappa shape index (κ2) is 11.3. The van der Waals surface area contributed by atoms with E-state index in [9.17, 15) is 4.79 Å². The smallest absolute Gasteiger partial charge is 0.272 e. The minimum atomic E-state index is -0.269. The van der Waals surface area contributed by atoms with Gasteiger partial charge in [0.1, 0.15) is 0 Å². The van der Waals surface area contributed by atoms with Crippen LogP contribution in [0.25, 0.3) is 0 Å². The molecule has 0 saturated carbocycles. The number of nitrogens with one attached hydrogen (secondary N) is 3. The number of benzene rings is 1. The molecule has 7 heteroatoms. The topological polar surface area (TPSA) is 71.0 Å². The average Bonchev–Trinajstić information content (AvgIpc) is 3.14. The van der Waals surface area contributed by atoms with Gasteiger partial charge in [0, 0.05) is 12.7 Å². The van der Waals surface area contributed by atoms with Gasteiger partial charge in [-0.25, -0.2) is 0 Å². The van der Waals surface area contributed by atoms with E-state index in [0.717, 1.165) is 12.1 Å². The average molecular weight is 388 g/mol. The number of unbranched alkanes of at least 4 members (excludes halogenated alkanes) is 2. The summed E-state index contributed by atoms with van der Waals surface area (Å²) >= 11 is 5.21. The first-order chi connectivity index (χ1) is 13.1. The van der Waals surface area contributed by atoms with Crippen molar-refractivity contribution in [2.24, 2.45) is 5.92 Å². The van der Waals surface area contributed by atoms with Gasteiger partial charge < -0.3 is 5.32 Å². The Hall–Kier alpha value is -2.41. The molecule has 0 aliphatic rings. The second-order valence-electron chi connectivity index (χ2n) is 6.80. The maximum absolute atomic E-state index is 12.2. The minimum Gasteiger partial charge on any atom is -0.361 e. The van der Waals surface area contributed by atoms with Crippen LogP contribution >= 0.6 is 12.2 Å². The van der Waals surface area contributed by atoms with E-state index in [1.54, 1.807) is 17.1 Å². The number of thiocarbonyl (C=S) groups is 1. The second-order valence-corrected chi connectivity index (χ2v) is 7.21. The molecule has 0 aliphatic carbocycles. The molecular formula is C20H29N5OS. The van der Waals surface area contributed by atoms with Crippen LogP contribution in [-0.2, 0) is 6.54 Å². The summed E-state index contributed by atoms with van der Waals surface area (Å²) in [4.78, 5) is 12.2. The summed E-state index contributed by atoms with van der Waals surface area (Å²) in [5.74, 6) is 0.276. The van der Waals surface area contributed by atoms with Gasteiger partial charge in [-0.2, -0.15) is 5.10 Å². The zero-order valence-electron chi connectivity index (χ0n) is 16.1. The number of rotatable bonds is 9. The fourth-order valence-electron chi connectivity index (χ4n) is 2.68. The summed E-state index contributed by atoms with van der Waals surface area (Å²) in [5.41, 5.74) is 6.96. The lowest BCUT2D eigenvalue weighted by Gasteiger charge is -2.15. The molecule has 1 aromatic carbocycles. The van der Waals surface area contributed by atoms with Gasteiger partial charge in [-0.05, 0) is 30.1 Å². The Morgan fingerprint density at radius 1 is 1.22 bits per heavy atom. The number of hydrazine groups is 1. The SMILES string of the molecule is CCCCC[C@H](C)CNC(=S)NNC(=O)c1cnn(Cc2ccccc2)c1. The molecule has 0 fully saturated rings. The number of nitrogens with zero attached hydrogens (tertiary/aromatic N) is 2. The Morgan fingerprint density at radius 3 is 2.74 bits per heavy atom. The molecule has 1 amide bonds. The van der Waals surface area contributed by atoms with Crippen LogP contribution in [0.15, 0.2) is 42.7 Å². The zero-order valence-corrected chi connectivity index (χ0v) is 16.9. The molecule has 0 saturated heterocycles. The Balaban J connectivity index is 1.70. The van der Waals surface area contributed by atoms with Gasteiger partial charge in [0.05, 0.1) is 18.3 Å². The van der Waals surface area contributed by atoms with Crippen molar-refractivity contribution in [3.63, 3.8) is 0 Å². The van der Waals surface area contributed by atoms with Crippen LogP contribution < -0.4 is 16.2 Å². The van der Waals surface area contributed by atoms with Crippen molar-refractivity contribution in [3.05, 3.63) is 53.9 Å². The molecule has 3 N–H and O–H groups in total. The van der Waals surface area contributed by atoms with Gasteiger partial charge >= 0.3 is 0 Å². The largest absolute Gasteiger partial charge is 0.361 e. The summed E-state index contributed by atoms with van der Waals surface area (Å²) in [6, 6.07) is 9.98. The predicted molar refractivity (Wildman–Crippen MR) is 112 cm³/mol. The quantitative estimate of drug-likeness (QED) is 0.350. The number of hydrogen-bond donors (Lipinski definition) is 3. The van der Waals surface area contributed by atoms with E-state index in [0.29, 0.717) is 23.1 Å². The lowest BCUT2D eigenvalue weighted by molar-refractivity contribution is 0.0943. The molecule has 27 heavy (non-hydrogen) atoms. The van der Waals surface area contributed by atoms with Crippen molar-refractivity contribution in [1.82, 2.24) is 25.9 Å². The first-order valence-electron chi connectivity index (χ1n) is 9.49. The van der Waals surface area contributed by atoms with Crippen LogP contribution in [-0.4, -0.2) is 27.3 Å². The summed E-state index contributed by atoms with van der Waals surface area (Å²) < 4.78 is 1.73. The summed E-state index contributed by atoms with van der Waals surface area (Å²) in [6.07, 6.45) is 8.18. The molecule has 1 aromatic heterocycles. The zero-order chi connectivity index (χ0) is 19.5. The van der Waals surface area contributed by atoms with E-state index in [1.165, 1.54) is 25.7 Å². The Bertz CT molecular complexity index is 716. The number of aromatic nitrogens is 2. The fourth-order valence-corrected chi connectivity index (χ4v) is 2.81. The lowest BCUT2D eigenvalue weighted by atomic mass is 10.0. The molecule has 146 valence electrons. The maximum Gasteiger partial charge on any atom is 0.272 e. The molecule has 6 nitrogen and oxygen atoms in total.